The summed E-state index contributed by atoms with van der Waals surface area (Å²) in [5.74, 6) is 0.308. The van der Waals surface area contributed by atoms with Crippen LogP contribution in [0.15, 0.2) is 24.3 Å². The Balaban J connectivity index is 2.34. The van der Waals surface area contributed by atoms with E-state index in [4.69, 9.17) is 5.73 Å². The monoisotopic (exact) mass is 254 g/mol. The van der Waals surface area contributed by atoms with Crippen LogP contribution in [0.5, 0.6) is 0 Å². The van der Waals surface area contributed by atoms with Crippen molar-refractivity contribution in [3.8, 4) is 0 Å². The molecular formula is C12H18N2O2S. The van der Waals surface area contributed by atoms with Gasteiger partial charge in [0.25, 0.3) is 0 Å². The molecule has 0 aliphatic heterocycles. The van der Waals surface area contributed by atoms with Crippen LogP contribution in [-0.4, -0.2) is 28.7 Å². The topological polar surface area (TPSA) is 72.2 Å². The molecule has 0 spiro atoms. The Morgan fingerprint density at radius 3 is 2.88 bits per heavy atom. The number of carbonyl (C=O) groups is 1. The summed E-state index contributed by atoms with van der Waals surface area (Å²) >= 11 is 0. The van der Waals surface area contributed by atoms with Gasteiger partial charge < -0.3 is 11.1 Å². The van der Waals surface area contributed by atoms with Crippen LogP contribution in [-0.2, 0) is 17.3 Å². The molecule has 0 saturated heterocycles. The van der Waals surface area contributed by atoms with E-state index in [0.717, 1.165) is 18.5 Å². The first-order valence-electron chi connectivity index (χ1n) is 5.49. The highest BCUT2D eigenvalue weighted by Crippen LogP contribution is 2.04. The number of hydrogen-bond donors (Lipinski definition) is 2. The number of nitrogens with two attached hydrogens (primary N) is 1. The Morgan fingerprint density at radius 2 is 2.24 bits per heavy atom. The quantitative estimate of drug-likeness (QED) is 0.702. The predicted octanol–water partition coefficient (Wildman–Crippen LogP) is 0.644. The van der Waals surface area contributed by atoms with Crippen LogP contribution in [0.3, 0.4) is 0 Å². The van der Waals surface area contributed by atoms with Crippen LogP contribution in [0.25, 0.3) is 0 Å². The average molecular weight is 254 g/mol. The fraction of sp³-hybridized carbons (Fsp3) is 0.417. The van der Waals surface area contributed by atoms with Crippen LogP contribution >= 0.6 is 0 Å². The van der Waals surface area contributed by atoms with Crippen molar-refractivity contribution < 1.29 is 9.00 Å². The molecule has 1 amide bonds. The summed E-state index contributed by atoms with van der Waals surface area (Å²) in [6.07, 6.45) is 2.59. The Labute approximate surface area is 104 Å². The van der Waals surface area contributed by atoms with Gasteiger partial charge in [0.15, 0.2) is 0 Å². The summed E-state index contributed by atoms with van der Waals surface area (Å²) < 4.78 is 10.8. The molecule has 17 heavy (non-hydrogen) atoms. The molecule has 94 valence electrons. The van der Waals surface area contributed by atoms with Gasteiger partial charge in [0.2, 0.25) is 5.91 Å². The van der Waals surface area contributed by atoms with E-state index in [1.807, 2.05) is 12.1 Å². The molecule has 1 rings (SSSR count). The number of benzene rings is 1. The lowest BCUT2D eigenvalue weighted by atomic mass is 10.1. The van der Waals surface area contributed by atoms with Crippen LogP contribution in [0.1, 0.15) is 22.3 Å². The molecule has 4 nitrogen and oxygen atoms in total. The zero-order valence-electron chi connectivity index (χ0n) is 9.94. The van der Waals surface area contributed by atoms with Crippen LogP contribution in [0.2, 0.25) is 0 Å². The molecule has 3 N–H and O–H groups in total. The molecule has 1 aromatic rings. The van der Waals surface area contributed by atoms with Crippen molar-refractivity contribution >= 4 is 16.7 Å². The molecular weight excluding hydrogens is 236 g/mol. The van der Waals surface area contributed by atoms with Gasteiger partial charge in [-0.1, -0.05) is 12.1 Å². The third-order valence-electron chi connectivity index (χ3n) is 2.33. The zero-order chi connectivity index (χ0) is 12.7. The average Bonchev–Trinajstić information content (AvgIpc) is 2.28. The van der Waals surface area contributed by atoms with Crippen molar-refractivity contribution in [3.63, 3.8) is 0 Å². The maximum Gasteiger partial charge on any atom is 0.248 e. The lowest BCUT2D eigenvalue weighted by Gasteiger charge is -2.05. The van der Waals surface area contributed by atoms with Gasteiger partial charge in [0.1, 0.15) is 0 Å². The van der Waals surface area contributed by atoms with E-state index >= 15 is 0 Å². The van der Waals surface area contributed by atoms with Gasteiger partial charge in [0, 0.05) is 34.9 Å². The smallest absolute Gasteiger partial charge is 0.248 e. The lowest BCUT2D eigenvalue weighted by molar-refractivity contribution is 0.1000. The van der Waals surface area contributed by atoms with Crippen LogP contribution in [0, 0.1) is 0 Å². The minimum atomic E-state index is -0.725. The molecule has 0 radical (unpaired) electrons. The molecule has 0 heterocycles. The van der Waals surface area contributed by atoms with Gasteiger partial charge in [-0.15, -0.1) is 0 Å². The third-order valence-corrected chi connectivity index (χ3v) is 3.19. The van der Waals surface area contributed by atoms with E-state index in [9.17, 15) is 9.00 Å². The Morgan fingerprint density at radius 1 is 1.47 bits per heavy atom. The molecule has 0 aliphatic carbocycles. The summed E-state index contributed by atoms with van der Waals surface area (Å²) in [4.78, 5) is 11.0. The summed E-state index contributed by atoms with van der Waals surface area (Å²) in [5, 5.41) is 3.24. The zero-order valence-corrected chi connectivity index (χ0v) is 10.8. The van der Waals surface area contributed by atoms with E-state index in [2.05, 4.69) is 5.32 Å². The Hall–Kier alpha value is -1.20. The predicted molar refractivity (Wildman–Crippen MR) is 70.2 cm³/mol. The fourth-order valence-corrected chi connectivity index (χ4v) is 2.02. The number of nitrogens with one attached hydrogen (secondary N) is 1. The second-order valence-electron chi connectivity index (χ2n) is 3.87. The highest BCUT2D eigenvalue weighted by Gasteiger charge is 2.00. The second-order valence-corrected chi connectivity index (χ2v) is 5.43. The standard InChI is InChI=1S/C12H18N2O2S/c1-17(16)7-3-6-14-9-10-4-2-5-11(8-10)12(13)15/h2,4-5,8,14H,3,6-7,9H2,1H3,(H2,13,15). The highest BCUT2D eigenvalue weighted by atomic mass is 32.2. The van der Waals surface area contributed by atoms with Gasteiger partial charge in [0.05, 0.1) is 0 Å². The molecule has 1 aromatic carbocycles. The normalized spacial score (nSPS) is 12.3. The van der Waals surface area contributed by atoms with Crippen LogP contribution in [0.4, 0.5) is 0 Å². The van der Waals surface area contributed by atoms with Crippen molar-refractivity contribution in [2.75, 3.05) is 18.6 Å². The van der Waals surface area contributed by atoms with E-state index in [1.54, 1.807) is 18.4 Å². The first kappa shape index (κ1) is 13.9. The first-order valence-corrected chi connectivity index (χ1v) is 7.22. The maximum absolute atomic E-state index is 11.0. The molecule has 0 aliphatic rings. The molecule has 0 fully saturated rings. The molecule has 5 heteroatoms. The van der Waals surface area contributed by atoms with Gasteiger partial charge >= 0.3 is 0 Å². The number of rotatable bonds is 7. The molecule has 1 unspecified atom stereocenters. The largest absolute Gasteiger partial charge is 0.366 e. The van der Waals surface area contributed by atoms with E-state index < -0.39 is 16.7 Å². The van der Waals surface area contributed by atoms with Gasteiger partial charge in [-0.25, -0.2) is 0 Å². The summed E-state index contributed by atoms with van der Waals surface area (Å²) in [5.41, 5.74) is 6.75. The number of carbonyl (C=O) groups excluding carboxylic acids is 1. The maximum atomic E-state index is 11.0. The van der Waals surface area contributed by atoms with Crippen molar-refractivity contribution in [2.45, 2.75) is 13.0 Å². The van der Waals surface area contributed by atoms with Gasteiger partial charge in [-0.05, 0) is 30.7 Å². The van der Waals surface area contributed by atoms with Gasteiger partial charge in [-0.2, -0.15) is 0 Å². The van der Waals surface area contributed by atoms with Crippen molar-refractivity contribution in [3.05, 3.63) is 35.4 Å². The third kappa shape index (κ3) is 5.60. The molecule has 0 saturated carbocycles. The minimum absolute atomic E-state index is 0.409. The van der Waals surface area contributed by atoms with Crippen LogP contribution < -0.4 is 11.1 Å². The fourth-order valence-electron chi connectivity index (χ4n) is 1.47. The lowest BCUT2D eigenvalue weighted by Crippen LogP contribution is -2.17. The second kappa shape index (κ2) is 7.19. The van der Waals surface area contributed by atoms with Crippen molar-refractivity contribution in [1.29, 1.82) is 0 Å². The SMILES string of the molecule is CS(=O)CCCNCc1cccc(C(N)=O)c1. The van der Waals surface area contributed by atoms with Gasteiger partial charge in [-0.3, -0.25) is 9.00 Å². The Kier molecular flexibility index (Phi) is 5.86. The van der Waals surface area contributed by atoms with E-state index in [-0.39, 0.29) is 0 Å². The minimum Gasteiger partial charge on any atom is -0.366 e. The number of amides is 1. The summed E-state index contributed by atoms with van der Waals surface area (Å²) in [6.45, 7) is 1.51. The van der Waals surface area contributed by atoms with E-state index in [1.165, 1.54) is 0 Å². The Bertz CT molecular complexity index is 407. The number of primary amides is 1. The van der Waals surface area contributed by atoms with Crippen molar-refractivity contribution in [2.24, 2.45) is 5.73 Å². The summed E-state index contributed by atoms with van der Waals surface area (Å²) in [6, 6.07) is 7.25. The van der Waals surface area contributed by atoms with E-state index in [0.29, 0.717) is 17.9 Å². The number of hydrogen-bond acceptors (Lipinski definition) is 3. The molecule has 0 aromatic heterocycles. The highest BCUT2D eigenvalue weighted by molar-refractivity contribution is 7.84. The first-order chi connectivity index (χ1) is 8.09. The van der Waals surface area contributed by atoms with Crippen molar-refractivity contribution in [1.82, 2.24) is 5.32 Å². The molecule has 1 atom stereocenters. The summed E-state index contributed by atoms with van der Waals surface area (Å²) in [7, 11) is -0.725. The molecule has 0 bridgehead atoms.